The van der Waals surface area contributed by atoms with E-state index in [0.717, 1.165) is 12.3 Å². The number of sulfone groups is 1. The number of aromatic nitrogens is 1. The Labute approximate surface area is 117 Å². The van der Waals surface area contributed by atoms with Crippen LogP contribution in [0.25, 0.3) is 5.57 Å². The summed E-state index contributed by atoms with van der Waals surface area (Å²) in [4.78, 5) is 11.6. The number of aryl methyl sites for hydroxylation is 2. The number of nitrogens with zero attached hydrogens (tertiary/aromatic N) is 1. The zero-order valence-electron chi connectivity index (χ0n) is 11.6. The number of alkyl halides is 1. The molecule has 1 aliphatic carbocycles. The number of hydrogen-bond donors (Lipinski definition) is 0. The zero-order valence-corrected chi connectivity index (χ0v) is 12.4. The summed E-state index contributed by atoms with van der Waals surface area (Å²) in [5, 5.41) is -2.39. The maximum atomic E-state index is 14.5. The van der Waals surface area contributed by atoms with E-state index >= 15 is 0 Å². The highest BCUT2D eigenvalue weighted by molar-refractivity contribution is 7.92. The van der Waals surface area contributed by atoms with Gasteiger partial charge in [0.1, 0.15) is 0 Å². The zero-order chi connectivity index (χ0) is 15.1. The van der Waals surface area contributed by atoms with Crippen LogP contribution in [-0.2, 0) is 16.9 Å². The fraction of sp³-hybridized carbons (Fsp3) is 0.357. The Morgan fingerprint density at radius 2 is 2.05 bits per heavy atom. The van der Waals surface area contributed by atoms with E-state index in [2.05, 4.69) is 0 Å². The van der Waals surface area contributed by atoms with Crippen molar-refractivity contribution in [2.75, 3.05) is 6.26 Å². The van der Waals surface area contributed by atoms with Gasteiger partial charge >= 0.3 is 0 Å². The lowest BCUT2D eigenvalue weighted by atomic mass is 9.99. The van der Waals surface area contributed by atoms with Crippen LogP contribution in [-0.4, -0.2) is 24.2 Å². The monoisotopic (exact) mass is 297 g/mol. The van der Waals surface area contributed by atoms with Gasteiger partial charge in [-0.05, 0) is 30.2 Å². The van der Waals surface area contributed by atoms with Crippen molar-refractivity contribution < 1.29 is 12.8 Å². The van der Waals surface area contributed by atoms with Gasteiger partial charge in [-0.2, -0.15) is 0 Å². The van der Waals surface area contributed by atoms with Gasteiger partial charge in [-0.1, -0.05) is 12.2 Å². The summed E-state index contributed by atoms with van der Waals surface area (Å²) in [5.41, 5.74) is 1.46. The van der Waals surface area contributed by atoms with Crippen molar-refractivity contribution in [2.45, 2.75) is 18.3 Å². The molecule has 2 rings (SSSR count). The summed E-state index contributed by atoms with van der Waals surface area (Å²) >= 11 is 0. The predicted octanol–water partition coefficient (Wildman–Crippen LogP) is 1.75. The van der Waals surface area contributed by atoms with Gasteiger partial charge in [0.05, 0.1) is 0 Å². The molecule has 0 fully saturated rings. The second kappa shape index (κ2) is 4.70. The lowest BCUT2D eigenvalue weighted by Crippen LogP contribution is -2.31. The summed E-state index contributed by atoms with van der Waals surface area (Å²) in [6.45, 7) is 1.66. The summed E-state index contributed by atoms with van der Waals surface area (Å²) in [5.74, 6) is 0. The van der Waals surface area contributed by atoms with E-state index in [-0.39, 0.29) is 12.0 Å². The first-order chi connectivity index (χ1) is 9.14. The van der Waals surface area contributed by atoms with Crippen molar-refractivity contribution in [3.05, 3.63) is 52.0 Å². The standard InChI is InChI=1S/C14H16FNO3S/c1-10-7-12(9-16(2)13(10)17)11-5-4-6-14(15,8-11)20(3,18)19/h4-5,7-9H,6H2,1-3H3. The molecular weight excluding hydrogens is 281 g/mol. The summed E-state index contributed by atoms with van der Waals surface area (Å²) in [6, 6.07) is 1.63. The number of hydrogen-bond acceptors (Lipinski definition) is 3. The number of halogens is 1. The molecule has 0 bridgehead atoms. The first-order valence-corrected chi connectivity index (χ1v) is 7.99. The van der Waals surface area contributed by atoms with E-state index in [1.807, 2.05) is 0 Å². The van der Waals surface area contributed by atoms with Crippen LogP contribution in [0.5, 0.6) is 0 Å². The second-order valence-corrected chi connectivity index (χ2v) is 7.32. The Hall–Kier alpha value is -1.69. The third kappa shape index (κ3) is 2.47. The summed E-state index contributed by atoms with van der Waals surface area (Å²) in [7, 11) is -2.26. The van der Waals surface area contributed by atoms with Crippen LogP contribution in [0.4, 0.5) is 4.39 Å². The first kappa shape index (κ1) is 14.7. The normalized spacial score (nSPS) is 22.7. The van der Waals surface area contributed by atoms with Crippen LogP contribution in [0, 0.1) is 6.92 Å². The fourth-order valence-electron chi connectivity index (χ4n) is 2.16. The summed E-state index contributed by atoms with van der Waals surface area (Å²) < 4.78 is 39.0. The average molecular weight is 297 g/mol. The number of rotatable bonds is 2. The minimum atomic E-state index is -3.86. The average Bonchev–Trinajstić information content (AvgIpc) is 2.34. The molecule has 0 amide bonds. The molecule has 0 aliphatic heterocycles. The van der Waals surface area contributed by atoms with Crippen molar-refractivity contribution in [3.8, 4) is 0 Å². The molecule has 1 atom stereocenters. The molecule has 1 aromatic heterocycles. The SMILES string of the molecule is Cc1cc(C2=CC(F)(S(C)(=O)=O)CC=C2)cn(C)c1=O. The largest absolute Gasteiger partial charge is 0.318 e. The predicted molar refractivity (Wildman–Crippen MR) is 76.8 cm³/mol. The topological polar surface area (TPSA) is 56.1 Å². The molecule has 0 N–H and O–H groups in total. The first-order valence-electron chi connectivity index (χ1n) is 6.10. The fourth-order valence-corrected chi connectivity index (χ4v) is 2.90. The van der Waals surface area contributed by atoms with Crippen molar-refractivity contribution in [2.24, 2.45) is 7.05 Å². The molecule has 0 spiro atoms. The van der Waals surface area contributed by atoms with Crippen molar-refractivity contribution in [1.82, 2.24) is 4.57 Å². The van der Waals surface area contributed by atoms with Crippen LogP contribution >= 0.6 is 0 Å². The van der Waals surface area contributed by atoms with E-state index in [1.54, 1.807) is 32.3 Å². The summed E-state index contributed by atoms with van der Waals surface area (Å²) in [6.07, 6.45) is 6.53. The highest BCUT2D eigenvalue weighted by Gasteiger charge is 2.39. The van der Waals surface area contributed by atoms with Crippen molar-refractivity contribution >= 4 is 15.4 Å². The Balaban J connectivity index is 2.59. The van der Waals surface area contributed by atoms with Crippen LogP contribution in [0.3, 0.4) is 0 Å². The lowest BCUT2D eigenvalue weighted by Gasteiger charge is -2.23. The van der Waals surface area contributed by atoms with Gasteiger partial charge in [-0.15, -0.1) is 0 Å². The molecule has 108 valence electrons. The Morgan fingerprint density at radius 3 is 2.60 bits per heavy atom. The smallest absolute Gasteiger partial charge is 0.253 e. The van der Waals surface area contributed by atoms with Gasteiger partial charge in [0.15, 0.2) is 9.84 Å². The molecule has 0 saturated carbocycles. The van der Waals surface area contributed by atoms with Crippen LogP contribution in [0.15, 0.2) is 35.3 Å². The third-order valence-electron chi connectivity index (χ3n) is 3.38. The Morgan fingerprint density at radius 1 is 1.40 bits per heavy atom. The van der Waals surface area contributed by atoms with E-state index in [1.165, 1.54) is 10.6 Å². The molecule has 0 saturated heterocycles. The number of allylic oxidation sites excluding steroid dienone is 3. The third-order valence-corrected chi connectivity index (χ3v) is 4.89. The maximum Gasteiger partial charge on any atom is 0.253 e. The molecule has 0 radical (unpaired) electrons. The van der Waals surface area contributed by atoms with Crippen molar-refractivity contribution in [3.63, 3.8) is 0 Å². The molecular formula is C14H16FNO3S. The van der Waals surface area contributed by atoms with E-state index in [0.29, 0.717) is 16.7 Å². The quantitative estimate of drug-likeness (QED) is 0.835. The van der Waals surface area contributed by atoms with Crippen LogP contribution in [0.1, 0.15) is 17.5 Å². The van der Waals surface area contributed by atoms with Gasteiger partial charge in [-0.3, -0.25) is 4.79 Å². The van der Waals surface area contributed by atoms with E-state index in [4.69, 9.17) is 0 Å². The molecule has 1 aliphatic rings. The molecule has 0 aromatic carbocycles. The van der Waals surface area contributed by atoms with Crippen LogP contribution in [0.2, 0.25) is 0 Å². The van der Waals surface area contributed by atoms with Crippen molar-refractivity contribution in [1.29, 1.82) is 0 Å². The minimum absolute atomic E-state index is 0.135. The highest BCUT2D eigenvalue weighted by Crippen LogP contribution is 2.34. The van der Waals surface area contributed by atoms with Gasteiger partial charge in [0.2, 0.25) is 5.00 Å². The molecule has 4 nitrogen and oxygen atoms in total. The highest BCUT2D eigenvalue weighted by atomic mass is 32.2. The number of pyridine rings is 1. The Kier molecular flexibility index (Phi) is 3.46. The molecule has 20 heavy (non-hydrogen) atoms. The van der Waals surface area contributed by atoms with Gasteiger partial charge in [0, 0.05) is 31.5 Å². The van der Waals surface area contributed by atoms with Gasteiger partial charge < -0.3 is 4.57 Å². The van der Waals surface area contributed by atoms with Gasteiger partial charge in [-0.25, -0.2) is 12.8 Å². The molecule has 6 heteroatoms. The second-order valence-electron chi connectivity index (χ2n) is 5.09. The minimum Gasteiger partial charge on any atom is -0.318 e. The van der Waals surface area contributed by atoms with Crippen LogP contribution < -0.4 is 5.56 Å². The molecule has 1 aromatic rings. The molecule has 1 heterocycles. The van der Waals surface area contributed by atoms with E-state index < -0.39 is 14.8 Å². The maximum absolute atomic E-state index is 14.5. The van der Waals surface area contributed by atoms with E-state index in [9.17, 15) is 17.6 Å². The Bertz CT molecular complexity index is 748. The lowest BCUT2D eigenvalue weighted by molar-refractivity contribution is 0.333. The molecule has 1 unspecified atom stereocenters. The van der Waals surface area contributed by atoms with Gasteiger partial charge in [0.25, 0.3) is 5.56 Å².